The summed E-state index contributed by atoms with van der Waals surface area (Å²) < 4.78 is 13.2. The molecule has 0 amide bonds. The molecule has 4 rings (SSSR count). The molecule has 8 heteroatoms. The quantitative estimate of drug-likeness (QED) is 0.691. The van der Waals surface area contributed by atoms with Crippen LogP contribution in [0.25, 0.3) is 0 Å². The third-order valence-electron chi connectivity index (χ3n) is 4.64. The van der Waals surface area contributed by atoms with Gasteiger partial charge < -0.3 is 13.8 Å². The molecule has 0 aromatic carbocycles. The lowest BCUT2D eigenvalue weighted by Gasteiger charge is -2.34. The van der Waals surface area contributed by atoms with E-state index in [-0.39, 0.29) is 6.04 Å². The Kier molecular flexibility index (Phi) is 4.42. The summed E-state index contributed by atoms with van der Waals surface area (Å²) in [5, 5.41) is 4.13. The van der Waals surface area contributed by atoms with Gasteiger partial charge in [0.25, 0.3) is 0 Å². The van der Waals surface area contributed by atoms with Crippen molar-refractivity contribution in [3.8, 4) is 5.88 Å². The molecule has 3 aromatic heterocycles. The Morgan fingerprint density at radius 2 is 2.19 bits per heavy atom. The minimum Gasteiger partial charge on any atom is -0.475 e. The average molecular weight is 354 g/mol. The predicted molar refractivity (Wildman–Crippen MR) is 93.5 cm³/mol. The van der Waals surface area contributed by atoms with Crippen LogP contribution in [0.3, 0.4) is 0 Å². The number of aromatic nitrogens is 5. The van der Waals surface area contributed by atoms with Crippen LogP contribution in [0.15, 0.2) is 29.3 Å². The Balaban J connectivity index is 1.52. The molecule has 1 aliphatic heterocycles. The predicted octanol–water partition coefficient (Wildman–Crippen LogP) is 1.82. The van der Waals surface area contributed by atoms with Crippen LogP contribution < -0.4 is 4.74 Å². The zero-order valence-electron chi connectivity index (χ0n) is 15.2. The summed E-state index contributed by atoms with van der Waals surface area (Å²) in [5.74, 6) is 1.37. The fraction of sp³-hybridized carbons (Fsp3) is 0.444. The molecule has 4 heterocycles. The van der Waals surface area contributed by atoms with Gasteiger partial charge in [0.2, 0.25) is 5.88 Å². The van der Waals surface area contributed by atoms with Crippen molar-refractivity contribution in [3.63, 3.8) is 0 Å². The molecule has 8 nitrogen and oxygen atoms in total. The van der Waals surface area contributed by atoms with E-state index in [4.69, 9.17) is 9.26 Å². The summed E-state index contributed by atoms with van der Waals surface area (Å²) in [5.41, 5.74) is 4.12. The van der Waals surface area contributed by atoms with Gasteiger partial charge in [0.15, 0.2) is 0 Å². The van der Waals surface area contributed by atoms with Gasteiger partial charge in [-0.05, 0) is 13.8 Å². The molecular formula is C18H22N6O2. The normalized spacial score (nSPS) is 17.3. The highest BCUT2D eigenvalue weighted by atomic mass is 16.5. The second-order valence-corrected chi connectivity index (χ2v) is 6.75. The maximum Gasteiger partial charge on any atom is 0.232 e. The molecule has 1 atom stereocenters. The largest absolute Gasteiger partial charge is 0.475 e. The van der Waals surface area contributed by atoms with Gasteiger partial charge in [0.1, 0.15) is 12.4 Å². The molecule has 0 bridgehead atoms. The van der Waals surface area contributed by atoms with E-state index in [0.717, 1.165) is 35.8 Å². The van der Waals surface area contributed by atoms with Crippen LogP contribution in [0, 0.1) is 13.8 Å². The molecule has 0 N–H and O–H groups in total. The fourth-order valence-electron chi connectivity index (χ4n) is 3.31. The van der Waals surface area contributed by atoms with Gasteiger partial charge in [-0.25, -0.2) is 9.97 Å². The maximum absolute atomic E-state index is 5.94. The van der Waals surface area contributed by atoms with Crippen molar-refractivity contribution in [1.82, 2.24) is 29.6 Å². The van der Waals surface area contributed by atoms with Crippen LogP contribution in [-0.2, 0) is 26.6 Å². The first-order valence-corrected chi connectivity index (χ1v) is 8.65. The van der Waals surface area contributed by atoms with E-state index in [1.54, 1.807) is 12.4 Å². The van der Waals surface area contributed by atoms with Crippen LogP contribution in [0.2, 0.25) is 0 Å². The number of ether oxygens (including phenoxy) is 1. The lowest BCUT2D eigenvalue weighted by Crippen LogP contribution is -2.44. The zero-order chi connectivity index (χ0) is 18.1. The topological polar surface area (TPSA) is 82.1 Å². The van der Waals surface area contributed by atoms with Crippen molar-refractivity contribution in [1.29, 1.82) is 0 Å². The van der Waals surface area contributed by atoms with E-state index in [0.29, 0.717) is 19.0 Å². The Morgan fingerprint density at radius 1 is 1.31 bits per heavy atom. The number of hydrogen-bond acceptors (Lipinski definition) is 7. The van der Waals surface area contributed by atoms with E-state index in [2.05, 4.69) is 29.6 Å². The fourth-order valence-corrected chi connectivity index (χ4v) is 3.31. The number of fused-ring (bicyclic) bond motifs is 1. The average Bonchev–Trinajstić information content (AvgIpc) is 3.19. The molecule has 0 saturated heterocycles. The molecule has 136 valence electrons. The minimum absolute atomic E-state index is 0.192. The molecule has 0 aliphatic carbocycles. The number of nitrogens with zero attached hydrogens (tertiary/aromatic N) is 6. The summed E-state index contributed by atoms with van der Waals surface area (Å²) in [4.78, 5) is 15.4. The second-order valence-electron chi connectivity index (χ2n) is 6.75. The van der Waals surface area contributed by atoms with Crippen LogP contribution >= 0.6 is 0 Å². The van der Waals surface area contributed by atoms with E-state index in [1.807, 2.05) is 33.3 Å². The summed E-state index contributed by atoms with van der Waals surface area (Å²) in [7, 11) is 2.03. The smallest absolute Gasteiger partial charge is 0.232 e. The van der Waals surface area contributed by atoms with Crippen LogP contribution in [0.5, 0.6) is 5.88 Å². The van der Waals surface area contributed by atoms with Gasteiger partial charge in [-0.2, -0.15) is 0 Å². The van der Waals surface area contributed by atoms with Crippen LogP contribution in [0.4, 0.5) is 0 Å². The number of aryl methyl sites for hydroxylation is 3. The Morgan fingerprint density at radius 3 is 2.96 bits per heavy atom. The molecule has 1 aliphatic rings. The van der Waals surface area contributed by atoms with Crippen molar-refractivity contribution in [3.05, 3.63) is 53.3 Å². The third kappa shape index (κ3) is 3.45. The van der Waals surface area contributed by atoms with Crippen molar-refractivity contribution in [2.75, 3.05) is 6.61 Å². The minimum atomic E-state index is 0.192. The van der Waals surface area contributed by atoms with E-state index in [9.17, 15) is 0 Å². The van der Waals surface area contributed by atoms with E-state index < -0.39 is 0 Å². The summed E-state index contributed by atoms with van der Waals surface area (Å²) in [6.45, 7) is 5.79. The van der Waals surface area contributed by atoms with Crippen molar-refractivity contribution in [2.24, 2.45) is 7.05 Å². The summed E-state index contributed by atoms with van der Waals surface area (Å²) in [6, 6.07) is 2.16. The molecule has 1 unspecified atom stereocenters. The molecule has 0 saturated carbocycles. The van der Waals surface area contributed by atoms with Gasteiger partial charge in [0, 0.05) is 44.5 Å². The first kappa shape index (κ1) is 16.7. The molecule has 0 spiro atoms. The van der Waals surface area contributed by atoms with Gasteiger partial charge in [-0.1, -0.05) is 5.16 Å². The number of imidazole rings is 1. The number of hydrogen-bond donors (Lipinski definition) is 0. The van der Waals surface area contributed by atoms with Gasteiger partial charge >= 0.3 is 0 Å². The highest BCUT2D eigenvalue weighted by Gasteiger charge is 2.30. The van der Waals surface area contributed by atoms with Crippen LogP contribution in [0.1, 0.15) is 28.5 Å². The summed E-state index contributed by atoms with van der Waals surface area (Å²) in [6.07, 6.45) is 6.10. The summed E-state index contributed by atoms with van der Waals surface area (Å²) >= 11 is 0. The standard InChI is InChI=1S/C18H22N6O2/c1-12-6-19-7-18(21-12)25-10-15-5-17-16(20-11-23(17)3)9-24(15)8-14-4-13(2)26-22-14/h4,6-7,11,15H,5,8-10H2,1-3H3. The first-order valence-electron chi connectivity index (χ1n) is 8.65. The highest BCUT2D eigenvalue weighted by Crippen LogP contribution is 2.24. The first-order chi connectivity index (χ1) is 12.6. The zero-order valence-corrected chi connectivity index (χ0v) is 15.2. The van der Waals surface area contributed by atoms with Gasteiger partial charge in [-0.3, -0.25) is 9.88 Å². The number of rotatable bonds is 5. The monoisotopic (exact) mass is 354 g/mol. The van der Waals surface area contributed by atoms with Crippen molar-refractivity contribution >= 4 is 0 Å². The second kappa shape index (κ2) is 6.87. The van der Waals surface area contributed by atoms with Gasteiger partial charge in [-0.15, -0.1) is 0 Å². The highest BCUT2D eigenvalue weighted by molar-refractivity contribution is 5.19. The maximum atomic E-state index is 5.94. The molecule has 0 radical (unpaired) electrons. The SMILES string of the molecule is Cc1cncc(OCC2Cc3c(ncn3C)CN2Cc2cc(C)on2)n1. The molecule has 3 aromatic rings. The molecule has 0 fully saturated rings. The molecule has 26 heavy (non-hydrogen) atoms. The lowest BCUT2D eigenvalue weighted by atomic mass is 10.0. The lowest BCUT2D eigenvalue weighted by molar-refractivity contribution is 0.102. The van der Waals surface area contributed by atoms with Crippen molar-refractivity contribution < 1.29 is 9.26 Å². The Hall–Kier alpha value is -2.74. The van der Waals surface area contributed by atoms with Gasteiger partial charge in [0.05, 0.1) is 35.6 Å². The van der Waals surface area contributed by atoms with Crippen LogP contribution in [-0.4, -0.2) is 42.2 Å². The van der Waals surface area contributed by atoms with E-state index in [1.165, 1.54) is 5.69 Å². The third-order valence-corrected chi connectivity index (χ3v) is 4.64. The molecular weight excluding hydrogens is 332 g/mol. The Labute approximate surface area is 151 Å². The Bertz CT molecular complexity index is 903. The van der Waals surface area contributed by atoms with Crippen molar-refractivity contribution in [2.45, 2.75) is 39.4 Å². The van der Waals surface area contributed by atoms with E-state index >= 15 is 0 Å².